The molecule has 0 unspecified atom stereocenters. The van der Waals surface area contributed by atoms with E-state index in [1.807, 2.05) is 20.8 Å². The Morgan fingerprint density at radius 1 is 1.20 bits per heavy atom. The minimum Gasteiger partial charge on any atom is -0.462 e. The van der Waals surface area contributed by atoms with Gasteiger partial charge in [0.25, 0.3) is 0 Å². The van der Waals surface area contributed by atoms with Gasteiger partial charge in [0.05, 0.1) is 11.5 Å². The fourth-order valence-electron chi connectivity index (χ4n) is 1.93. The van der Waals surface area contributed by atoms with Crippen LogP contribution in [0.15, 0.2) is 0 Å². The van der Waals surface area contributed by atoms with E-state index in [4.69, 9.17) is 8.92 Å². The van der Waals surface area contributed by atoms with Crippen LogP contribution in [0.3, 0.4) is 0 Å². The average molecular weight is 307 g/mol. The second-order valence-electron chi connectivity index (χ2n) is 5.80. The highest BCUT2D eigenvalue weighted by Gasteiger charge is 2.32. The smallest absolute Gasteiger partial charge is 0.335 e. The van der Waals surface area contributed by atoms with Crippen LogP contribution >= 0.6 is 0 Å². The number of carbonyl (C=O) groups excluding carboxylic acids is 1. The lowest BCUT2D eigenvalue weighted by atomic mass is 9.90. The average Bonchev–Trinajstić information content (AvgIpc) is 2.40. The fraction of sp³-hybridized carbons (Fsp3) is 0.923. The van der Waals surface area contributed by atoms with Crippen LogP contribution in [0.1, 0.15) is 52.9 Å². The molecule has 0 amide bonds. The molecule has 0 radical (unpaired) electrons. The van der Waals surface area contributed by atoms with Gasteiger partial charge in [0.1, 0.15) is 6.10 Å². The van der Waals surface area contributed by atoms with Gasteiger partial charge in [-0.05, 0) is 46.0 Å². The fourth-order valence-corrected chi connectivity index (χ4v) is 2.58. The number of rotatable bonds is 6. The standard InChI is InChI=1S/C13H25NO5S/c1-5-13(2,3)12(15)18-10-6-8-11(9-7-10)19-20(16,17)14-4/h10-11,14H,5-9H2,1-4H3. The molecular formula is C13H25NO5S. The zero-order valence-electron chi connectivity index (χ0n) is 12.6. The van der Waals surface area contributed by atoms with Crippen molar-refractivity contribution < 1.29 is 22.1 Å². The highest BCUT2D eigenvalue weighted by Crippen LogP contribution is 2.28. The first-order chi connectivity index (χ1) is 9.20. The number of hydrogen-bond donors (Lipinski definition) is 1. The molecule has 1 aliphatic rings. The molecule has 0 spiro atoms. The summed E-state index contributed by atoms with van der Waals surface area (Å²) in [5.74, 6) is -0.188. The SMILES string of the molecule is CCC(C)(C)C(=O)OC1CCC(OS(=O)(=O)NC)CC1. The lowest BCUT2D eigenvalue weighted by Crippen LogP contribution is -2.35. The number of carbonyl (C=O) groups is 1. The molecular weight excluding hydrogens is 282 g/mol. The Balaban J connectivity index is 2.42. The normalized spacial score (nSPS) is 24.4. The van der Waals surface area contributed by atoms with Crippen molar-refractivity contribution in [2.45, 2.75) is 65.1 Å². The molecule has 1 saturated carbocycles. The third kappa shape index (κ3) is 5.03. The third-order valence-corrected chi connectivity index (χ3v) is 4.87. The summed E-state index contributed by atoms with van der Waals surface area (Å²) >= 11 is 0. The van der Waals surface area contributed by atoms with E-state index in [0.717, 1.165) is 6.42 Å². The highest BCUT2D eigenvalue weighted by atomic mass is 32.2. The molecule has 0 heterocycles. The lowest BCUT2D eigenvalue weighted by molar-refractivity contribution is -0.162. The van der Waals surface area contributed by atoms with Gasteiger partial charge in [-0.1, -0.05) is 6.92 Å². The Labute approximate surface area is 121 Å². The van der Waals surface area contributed by atoms with Crippen molar-refractivity contribution in [1.29, 1.82) is 0 Å². The van der Waals surface area contributed by atoms with Crippen molar-refractivity contribution in [3.63, 3.8) is 0 Å². The van der Waals surface area contributed by atoms with Crippen molar-refractivity contribution in [2.75, 3.05) is 7.05 Å². The van der Waals surface area contributed by atoms with Crippen molar-refractivity contribution in [3.8, 4) is 0 Å². The summed E-state index contributed by atoms with van der Waals surface area (Å²) in [6.45, 7) is 5.68. The summed E-state index contributed by atoms with van der Waals surface area (Å²) in [6, 6.07) is 0. The van der Waals surface area contributed by atoms with E-state index in [2.05, 4.69) is 4.72 Å². The number of hydrogen-bond acceptors (Lipinski definition) is 5. The van der Waals surface area contributed by atoms with Crippen molar-refractivity contribution in [1.82, 2.24) is 4.72 Å². The van der Waals surface area contributed by atoms with Crippen LogP contribution in [0.4, 0.5) is 0 Å². The van der Waals surface area contributed by atoms with E-state index >= 15 is 0 Å². The molecule has 0 saturated heterocycles. The molecule has 20 heavy (non-hydrogen) atoms. The minimum absolute atomic E-state index is 0.134. The summed E-state index contributed by atoms with van der Waals surface area (Å²) in [5.41, 5.74) is -0.469. The Hall–Kier alpha value is -0.660. The molecule has 1 rings (SSSR count). The topological polar surface area (TPSA) is 81.7 Å². The summed E-state index contributed by atoms with van der Waals surface area (Å²) in [7, 11) is -2.33. The zero-order chi connectivity index (χ0) is 15.4. The Morgan fingerprint density at radius 3 is 2.15 bits per heavy atom. The number of nitrogens with one attached hydrogen (secondary N) is 1. The third-order valence-electron chi connectivity index (χ3n) is 3.84. The molecule has 1 N–H and O–H groups in total. The van der Waals surface area contributed by atoms with Gasteiger partial charge in [0, 0.05) is 7.05 Å². The first kappa shape index (κ1) is 17.4. The van der Waals surface area contributed by atoms with E-state index in [1.54, 1.807) is 0 Å². The Morgan fingerprint density at radius 2 is 1.70 bits per heavy atom. The Kier molecular flexibility index (Phi) is 5.97. The number of esters is 1. The minimum atomic E-state index is -3.64. The summed E-state index contributed by atoms with van der Waals surface area (Å²) < 4.78 is 35.2. The predicted octanol–water partition coefficient (Wildman–Crippen LogP) is 1.76. The number of ether oxygens (including phenoxy) is 1. The van der Waals surface area contributed by atoms with Gasteiger partial charge in [0.15, 0.2) is 0 Å². The van der Waals surface area contributed by atoms with E-state index in [0.29, 0.717) is 25.7 Å². The summed E-state index contributed by atoms with van der Waals surface area (Å²) in [6.07, 6.45) is 2.68. The molecule has 118 valence electrons. The van der Waals surface area contributed by atoms with E-state index < -0.39 is 15.7 Å². The molecule has 1 aliphatic carbocycles. The molecule has 6 nitrogen and oxygen atoms in total. The quantitative estimate of drug-likeness (QED) is 0.756. The van der Waals surface area contributed by atoms with Gasteiger partial charge < -0.3 is 4.74 Å². The van der Waals surface area contributed by atoms with E-state index in [1.165, 1.54) is 7.05 Å². The Bertz CT molecular complexity index is 424. The molecule has 0 atom stereocenters. The largest absolute Gasteiger partial charge is 0.462 e. The van der Waals surface area contributed by atoms with Gasteiger partial charge in [-0.2, -0.15) is 13.1 Å². The molecule has 7 heteroatoms. The molecule has 0 aromatic heterocycles. The van der Waals surface area contributed by atoms with Crippen LogP contribution < -0.4 is 4.72 Å². The van der Waals surface area contributed by atoms with Crippen molar-refractivity contribution in [2.24, 2.45) is 5.41 Å². The first-order valence-corrected chi connectivity index (χ1v) is 8.44. The molecule has 0 aromatic carbocycles. The van der Waals surface area contributed by atoms with Gasteiger partial charge in [-0.15, -0.1) is 0 Å². The van der Waals surface area contributed by atoms with E-state index in [-0.39, 0.29) is 18.2 Å². The molecule has 1 fully saturated rings. The van der Waals surface area contributed by atoms with Crippen molar-refractivity contribution in [3.05, 3.63) is 0 Å². The van der Waals surface area contributed by atoms with Crippen LogP contribution in [-0.2, 0) is 24.0 Å². The maximum atomic E-state index is 12.0. The second kappa shape index (κ2) is 6.87. The van der Waals surface area contributed by atoms with Crippen LogP contribution in [0.25, 0.3) is 0 Å². The molecule has 0 aromatic rings. The van der Waals surface area contributed by atoms with E-state index in [9.17, 15) is 13.2 Å². The summed E-state index contributed by atoms with van der Waals surface area (Å²) in [5, 5.41) is 0. The lowest BCUT2D eigenvalue weighted by Gasteiger charge is -2.30. The van der Waals surface area contributed by atoms with Crippen LogP contribution in [0, 0.1) is 5.41 Å². The maximum Gasteiger partial charge on any atom is 0.335 e. The highest BCUT2D eigenvalue weighted by molar-refractivity contribution is 7.84. The zero-order valence-corrected chi connectivity index (χ0v) is 13.5. The second-order valence-corrected chi connectivity index (χ2v) is 7.30. The first-order valence-electron chi connectivity index (χ1n) is 7.03. The molecule has 0 bridgehead atoms. The van der Waals surface area contributed by atoms with Gasteiger partial charge in [0.2, 0.25) is 0 Å². The van der Waals surface area contributed by atoms with Gasteiger partial charge >= 0.3 is 16.3 Å². The van der Waals surface area contributed by atoms with Crippen LogP contribution in [0.2, 0.25) is 0 Å². The predicted molar refractivity (Wildman–Crippen MR) is 75.3 cm³/mol. The van der Waals surface area contributed by atoms with Gasteiger partial charge in [-0.25, -0.2) is 0 Å². The summed E-state index contributed by atoms with van der Waals surface area (Å²) in [4.78, 5) is 12.0. The van der Waals surface area contributed by atoms with Crippen LogP contribution in [0.5, 0.6) is 0 Å². The van der Waals surface area contributed by atoms with Gasteiger partial charge in [-0.3, -0.25) is 8.98 Å². The van der Waals surface area contributed by atoms with Crippen molar-refractivity contribution >= 4 is 16.3 Å². The van der Waals surface area contributed by atoms with Crippen LogP contribution in [-0.4, -0.2) is 33.6 Å². The molecule has 0 aliphatic heterocycles. The maximum absolute atomic E-state index is 12.0. The monoisotopic (exact) mass is 307 g/mol.